The molecule has 1 aromatic rings. The lowest BCUT2D eigenvalue weighted by Crippen LogP contribution is -2.09. The SMILES string of the molecule is C=CCOC(=O)/C(=C/c1ccc(O)c(OCCCC)c1)OC. The second-order valence-corrected chi connectivity index (χ2v) is 4.53. The maximum absolute atomic E-state index is 11.8. The molecule has 1 rings (SSSR count). The van der Waals surface area contributed by atoms with Gasteiger partial charge >= 0.3 is 5.97 Å². The zero-order chi connectivity index (χ0) is 16.4. The summed E-state index contributed by atoms with van der Waals surface area (Å²) in [5.41, 5.74) is 0.664. The van der Waals surface area contributed by atoms with E-state index in [0.29, 0.717) is 17.9 Å². The van der Waals surface area contributed by atoms with Crippen LogP contribution in [0.5, 0.6) is 11.5 Å². The minimum Gasteiger partial charge on any atom is -0.504 e. The Labute approximate surface area is 130 Å². The minimum absolute atomic E-state index is 0.0569. The van der Waals surface area contributed by atoms with Gasteiger partial charge in [0.15, 0.2) is 11.5 Å². The molecule has 120 valence electrons. The molecule has 0 saturated heterocycles. The van der Waals surface area contributed by atoms with Crippen LogP contribution in [-0.2, 0) is 14.3 Å². The lowest BCUT2D eigenvalue weighted by Gasteiger charge is -2.09. The lowest BCUT2D eigenvalue weighted by atomic mass is 10.1. The molecule has 0 fully saturated rings. The fourth-order valence-electron chi connectivity index (χ4n) is 1.62. The number of methoxy groups -OCH3 is 1. The van der Waals surface area contributed by atoms with Crippen molar-refractivity contribution in [1.82, 2.24) is 0 Å². The van der Waals surface area contributed by atoms with Crippen molar-refractivity contribution in [3.63, 3.8) is 0 Å². The molecule has 0 aliphatic rings. The smallest absolute Gasteiger partial charge is 0.373 e. The first-order valence-electron chi connectivity index (χ1n) is 7.11. The van der Waals surface area contributed by atoms with Crippen molar-refractivity contribution in [2.45, 2.75) is 19.8 Å². The molecule has 0 saturated carbocycles. The number of carbonyl (C=O) groups is 1. The number of hydrogen-bond acceptors (Lipinski definition) is 5. The minimum atomic E-state index is -0.580. The van der Waals surface area contributed by atoms with Gasteiger partial charge in [-0.3, -0.25) is 0 Å². The summed E-state index contributed by atoms with van der Waals surface area (Å²) < 4.78 is 15.5. The average Bonchev–Trinajstić information content (AvgIpc) is 2.53. The molecule has 0 spiro atoms. The molecule has 22 heavy (non-hydrogen) atoms. The Morgan fingerprint density at radius 2 is 2.18 bits per heavy atom. The third-order valence-corrected chi connectivity index (χ3v) is 2.79. The van der Waals surface area contributed by atoms with Crippen molar-refractivity contribution in [3.05, 3.63) is 42.2 Å². The molecule has 1 N–H and O–H groups in total. The number of hydrogen-bond donors (Lipinski definition) is 1. The zero-order valence-corrected chi connectivity index (χ0v) is 13.0. The van der Waals surface area contributed by atoms with Crippen LogP contribution in [0.2, 0.25) is 0 Å². The van der Waals surface area contributed by atoms with E-state index >= 15 is 0 Å². The van der Waals surface area contributed by atoms with E-state index in [1.807, 2.05) is 0 Å². The van der Waals surface area contributed by atoms with Crippen LogP contribution in [0.15, 0.2) is 36.6 Å². The normalized spacial score (nSPS) is 10.9. The van der Waals surface area contributed by atoms with Crippen molar-refractivity contribution in [3.8, 4) is 11.5 Å². The molecule has 0 aromatic heterocycles. The van der Waals surface area contributed by atoms with Crippen LogP contribution < -0.4 is 4.74 Å². The molecule has 5 heteroatoms. The first-order valence-corrected chi connectivity index (χ1v) is 7.11. The summed E-state index contributed by atoms with van der Waals surface area (Å²) in [4.78, 5) is 11.8. The summed E-state index contributed by atoms with van der Waals surface area (Å²) in [7, 11) is 1.39. The molecule has 0 radical (unpaired) electrons. The summed E-state index contributed by atoms with van der Waals surface area (Å²) in [5.74, 6) is -0.0884. The Bertz CT molecular complexity index is 534. The number of esters is 1. The number of aromatic hydroxyl groups is 1. The number of phenolic OH excluding ortho intramolecular Hbond substituents is 1. The number of phenols is 1. The Morgan fingerprint density at radius 3 is 2.82 bits per heavy atom. The Morgan fingerprint density at radius 1 is 1.41 bits per heavy atom. The highest BCUT2D eigenvalue weighted by molar-refractivity contribution is 5.91. The molecular weight excluding hydrogens is 284 g/mol. The topological polar surface area (TPSA) is 65.0 Å². The first-order chi connectivity index (χ1) is 10.6. The number of ether oxygens (including phenoxy) is 3. The van der Waals surface area contributed by atoms with E-state index in [1.165, 1.54) is 25.3 Å². The van der Waals surface area contributed by atoms with Gasteiger partial charge in [0.2, 0.25) is 5.76 Å². The maximum Gasteiger partial charge on any atom is 0.373 e. The summed E-state index contributed by atoms with van der Waals surface area (Å²) in [6.45, 7) is 6.17. The molecule has 1 aromatic carbocycles. The summed E-state index contributed by atoms with van der Waals surface area (Å²) >= 11 is 0. The largest absolute Gasteiger partial charge is 0.504 e. The fraction of sp³-hybridized carbons (Fsp3) is 0.353. The number of benzene rings is 1. The second kappa shape index (κ2) is 9.50. The van der Waals surface area contributed by atoms with Gasteiger partial charge in [0, 0.05) is 0 Å². The van der Waals surface area contributed by atoms with Crippen LogP contribution in [0.1, 0.15) is 25.3 Å². The fourth-order valence-corrected chi connectivity index (χ4v) is 1.62. The van der Waals surface area contributed by atoms with Crippen LogP contribution in [0.3, 0.4) is 0 Å². The Balaban J connectivity index is 2.89. The van der Waals surface area contributed by atoms with Gasteiger partial charge in [0.05, 0.1) is 13.7 Å². The van der Waals surface area contributed by atoms with Crippen LogP contribution in [0, 0.1) is 0 Å². The number of unbranched alkanes of at least 4 members (excludes halogenated alkanes) is 1. The molecular formula is C17H22O5. The van der Waals surface area contributed by atoms with Gasteiger partial charge in [-0.15, -0.1) is 0 Å². The zero-order valence-electron chi connectivity index (χ0n) is 13.0. The third-order valence-electron chi connectivity index (χ3n) is 2.79. The number of carbonyl (C=O) groups excluding carboxylic acids is 1. The Hall–Kier alpha value is -2.43. The lowest BCUT2D eigenvalue weighted by molar-refractivity contribution is -0.141. The maximum atomic E-state index is 11.8. The van der Waals surface area contributed by atoms with E-state index in [0.717, 1.165) is 12.8 Å². The highest BCUT2D eigenvalue weighted by Gasteiger charge is 2.12. The van der Waals surface area contributed by atoms with Gasteiger partial charge in [0.25, 0.3) is 0 Å². The highest BCUT2D eigenvalue weighted by Crippen LogP contribution is 2.28. The van der Waals surface area contributed by atoms with Crippen LogP contribution in [0.4, 0.5) is 0 Å². The number of rotatable bonds is 9. The molecule has 0 aliphatic heterocycles. The standard InChI is InChI=1S/C17H22O5/c1-4-6-10-21-15-11-13(7-8-14(15)18)12-16(20-3)17(19)22-9-5-2/h5,7-8,11-12,18H,2,4,6,9-10H2,1,3H3/b16-12-. The predicted octanol–water partition coefficient (Wildman–Crippen LogP) is 3.29. The van der Waals surface area contributed by atoms with Crippen LogP contribution in [-0.4, -0.2) is 31.4 Å². The molecule has 0 bridgehead atoms. The summed E-state index contributed by atoms with van der Waals surface area (Å²) in [5, 5.41) is 9.77. The van der Waals surface area contributed by atoms with Gasteiger partial charge in [-0.1, -0.05) is 32.1 Å². The van der Waals surface area contributed by atoms with E-state index in [1.54, 1.807) is 12.1 Å². The van der Waals surface area contributed by atoms with Gasteiger partial charge < -0.3 is 19.3 Å². The average molecular weight is 306 g/mol. The molecule has 0 heterocycles. The van der Waals surface area contributed by atoms with Crippen LogP contribution >= 0.6 is 0 Å². The summed E-state index contributed by atoms with van der Waals surface area (Å²) in [6, 6.07) is 4.81. The van der Waals surface area contributed by atoms with Gasteiger partial charge in [-0.2, -0.15) is 0 Å². The van der Waals surface area contributed by atoms with E-state index in [9.17, 15) is 9.90 Å². The summed E-state index contributed by atoms with van der Waals surface area (Å²) in [6.07, 6.45) is 4.91. The first kappa shape index (κ1) is 17.6. The monoisotopic (exact) mass is 306 g/mol. The second-order valence-electron chi connectivity index (χ2n) is 4.53. The molecule has 0 amide bonds. The van der Waals surface area contributed by atoms with Gasteiger partial charge in [0.1, 0.15) is 6.61 Å². The molecule has 0 unspecified atom stereocenters. The van der Waals surface area contributed by atoms with Gasteiger partial charge in [-0.25, -0.2) is 4.79 Å². The molecule has 0 atom stereocenters. The van der Waals surface area contributed by atoms with Crippen molar-refractivity contribution in [2.24, 2.45) is 0 Å². The van der Waals surface area contributed by atoms with Crippen LogP contribution in [0.25, 0.3) is 6.08 Å². The van der Waals surface area contributed by atoms with Crippen molar-refractivity contribution >= 4 is 12.0 Å². The predicted molar refractivity (Wildman–Crippen MR) is 84.7 cm³/mol. The van der Waals surface area contributed by atoms with E-state index < -0.39 is 5.97 Å². The third kappa shape index (κ3) is 5.52. The molecule has 0 aliphatic carbocycles. The van der Waals surface area contributed by atoms with E-state index in [4.69, 9.17) is 14.2 Å². The Kier molecular flexibility index (Phi) is 7.61. The quantitative estimate of drug-likeness (QED) is 0.249. The van der Waals surface area contributed by atoms with E-state index in [2.05, 4.69) is 13.5 Å². The van der Waals surface area contributed by atoms with Gasteiger partial charge in [-0.05, 0) is 30.2 Å². The van der Waals surface area contributed by atoms with Crippen molar-refractivity contribution in [1.29, 1.82) is 0 Å². The molecule has 5 nitrogen and oxygen atoms in total. The van der Waals surface area contributed by atoms with E-state index in [-0.39, 0.29) is 18.1 Å². The van der Waals surface area contributed by atoms with Crippen molar-refractivity contribution < 1.29 is 24.1 Å². The van der Waals surface area contributed by atoms with Crippen molar-refractivity contribution in [2.75, 3.05) is 20.3 Å². The highest BCUT2D eigenvalue weighted by atomic mass is 16.6.